The number of nitrogens with zero attached hydrogens (tertiary/aromatic N) is 1. The normalized spacial score (nSPS) is 20.6. The van der Waals surface area contributed by atoms with E-state index in [1.807, 2.05) is 6.92 Å². The quantitative estimate of drug-likeness (QED) is 0.867. The number of aliphatic hydroxyl groups excluding tert-OH is 1. The summed E-state index contributed by atoms with van der Waals surface area (Å²) < 4.78 is 42.1. The van der Waals surface area contributed by atoms with Gasteiger partial charge in [0.15, 0.2) is 6.61 Å². The van der Waals surface area contributed by atoms with Crippen LogP contribution >= 0.6 is 0 Å². The molecule has 0 aliphatic carbocycles. The fourth-order valence-corrected chi connectivity index (χ4v) is 3.82. The van der Waals surface area contributed by atoms with Gasteiger partial charge >= 0.3 is 6.18 Å². The van der Waals surface area contributed by atoms with Gasteiger partial charge in [-0.25, -0.2) is 0 Å². The number of carbonyl (C=O) groups is 1. The van der Waals surface area contributed by atoms with Crippen LogP contribution in [0.1, 0.15) is 42.9 Å². The van der Waals surface area contributed by atoms with Gasteiger partial charge in [0.1, 0.15) is 11.5 Å². The molecule has 1 saturated heterocycles. The highest BCUT2D eigenvalue weighted by Gasteiger charge is 2.42. The van der Waals surface area contributed by atoms with E-state index < -0.39 is 12.8 Å². The van der Waals surface area contributed by atoms with Crippen molar-refractivity contribution in [2.45, 2.75) is 51.7 Å². The Morgan fingerprint density at radius 2 is 2.04 bits per heavy atom. The minimum atomic E-state index is -4.41. The number of aryl methyl sites for hydroxylation is 2. The van der Waals surface area contributed by atoms with Crippen LogP contribution in [0.15, 0.2) is 17.9 Å². The lowest BCUT2D eigenvalue weighted by Crippen LogP contribution is -2.39. The molecule has 7 heteroatoms. The first-order chi connectivity index (χ1) is 12.2. The minimum Gasteiger partial charge on any atom is -0.509 e. The molecule has 0 radical (unpaired) electrons. The van der Waals surface area contributed by atoms with E-state index in [0.29, 0.717) is 29.7 Å². The number of amides is 1. The van der Waals surface area contributed by atoms with E-state index in [1.54, 1.807) is 11.8 Å². The predicted molar refractivity (Wildman–Crippen MR) is 91.0 cm³/mol. The molecule has 2 heterocycles. The first-order valence-electron chi connectivity index (χ1n) is 8.80. The van der Waals surface area contributed by atoms with E-state index in [1.165, 1.54) is 12.1 Å². The molecule has 1 N–H and O–H groups in total. The van der Waals surface area contributed by atoms with Crippen LogP contribution in [-0.4, -0.2) is 41.3 Å². The zero-order valence-electron chi connectivity index (χ0n) is 14.8. The number of rotatable bonds is 4. The molecule has 0 aromatic heterocycles. The van der Waals surface area contributed by atoms with Crippen molar-refractivity contribution < 1.29 is 27.8 Å². The summed E-state index contributed by atoms with van der Waals surface area (Å²) in [7, 11) is 0. The highest BCUT2D eigenvalue weighted by atomic mass is 19.4. The third-order valence-corrected chi connectivity index (χ3v) is 4.97. The molecular formula is C19H22F3NO3. The Balaban J connectivity index is 1.99. The number of halogens is 3. The molecular weight excluding hydrogens is 347 g/mol. The molecule has 26 heavy (non-hydrogen) atoms. The van der Waals surface area contributed by atoms with Gasteiger partial charge in [0.2, 0.25) is 0 Å². The summed E-state index contributed by atoms with van der Waals surface area (Å²) in [6.07, 6.45) is -1.31. The van der Waals surface area contributed by atoms with Gasteiger partial charge in [-0.15, -0.1) is 0 Å². The average molecular weight is 369 g/mol. The third-order valence-electron chi connectivity index (χ3n) is 4.97. The first kappa shape index (κ1) is 18.6. The second-order valence-corrected chi connectivity index (χ2v) is 6.80. The Hall–Kier alpha value is -2.18. The van der Waals surface area contributed by atoms with Crippen molar-refractivity contribution in [1.82, 2.24) is 4.90 Å². The number of carbonyl (C=O) groups excluding carboxylic acids is 1. The van der Waals surface area contributed by atoms with Crippen molar-refractivity contribution >= 4 is 11.5 Å². The van der Waals surface area contributed by atoms with Crippen LogP contribution in [0.5, 0.6) is 5.75 Å². The number of fused-ring (bicyclic) bond motifs is 1. The van der Waals surface area contributed by atoms with Crippen molar-refractivity contribution in [3.05, 3.63) is 34.6 Å². The monoisotopic (exact) mass is 369 g/mol. The van der Waals surface area contributed by atoms with Crippen molar-refractivity contribution in [2.24, 2.45) is 0 Å². The number of ether oxygens (including phenoxy) is 1. The molecule has 3 rings (SSSR count). The number of benzene rings is 1. The SMILES string of the molecule is CCc1cc(OCC(F)(F)F)cc(C)c1C1=C(O)C2CCCCN2C1=O. The Labute approximate surface area is 150 Å². The average Bonchev–Trinajstić information content (AvgIpc) is 2.84. The summed E-state index contributed by atoms with van der Waals surface area (Å²) in [6, 6.07) is 2.74. The summed E-state index contributed by atoms with van der Waals surface area (Å²) in [5, 5.41) is 10.7. The van der Waals surface area contributed by atoms with Gasteiger partial charge < -0.3 is 14.7 Å². The lowest BCUT2D eigenvalue weighted by molar-refractivity contribution is -0.153. The number of hydrogen-bond donors (Lipinski definition) is 1. The van der Waals surface area contributed by atoms with Gasteiger partial charge in [-0.3, -0.25) is 4.79 Å². The van der Waals surface area contributed by atoms with E-state index in [4.69, 9.17) is 4.74 Å². The number of alkyl halides is 3. The lowest BCUT2D eigenvalue weighted by Gasteiger charge is -2.29. The summed E-state index contributed by atoms with van der Waals surface area (Å²) in [4.78, 5) is 14.5. The molecule has 1 aromatic carbocycles. The molecule has 1 unspecified atom stereocenters. The topological polar surface area (TPSA) is 49.8 Å². The third kappa shape index (κ3) is 3.39. The van der Waals surface area contributed by atoms with E-state index in [0.717, 1.165) is 19.3 Å². The van der Waals surface area contributed by atoms with E-state index >= 15 is 0 Å². The van der Waals surface area contributed by atoms with Gasteiger partial charge in [0, 0.05) is 6.54 Å². The van der Waals surface area contributed by atoms with E-state index in [9.17, 15) is 23.1 Å². The summed E-state index contributed by atoms with van der Waals surface area (Å²) in [6.45, 7) is 2.83. The first-order valence-corrected chi connectivity index (χ1v) is 8.80. The summed E-state index contributed by atoms with van der Waals surface area (Å²) in [5.41, 5.74) is 2.21. The van der Waals surface area contributed by atoms with Crippen molar-refractivity contribution in [3.63, 3.8) is 0 Å². The minimum absolute atomic E-state index is 0.0801. The Kier molecular flexibility index (Phi) is 4.90. The molecule has 2 aliphatic rings. The maximum Gasteiger partial charge on any atom is 0.422 e. The molecule has 0 saturated carbocycles. The van der Waals surface area contributed by atoms with Gasteiger partial charge in [0.05, 0.1) is 11.6 Å². The maximum atomic E-state index is 12.8. The molecule has 4 nitrogen and oxygen atoms in total. The number of hydrogen-bond acceptors (Lipinski definition) is 3. The van der Waals surface area contributed by atoms with Gasteiger partial charge in [-0.2, -0.15) is 13.2 Å². The maximum absolute atomic E-state index is 12.8. The highest BCUT2D eigenvalue weighted by Crippen LogP contribution is 2.40. The second kappa shape index (κ2) is 6.85. The van der Waals surface area contributed by atoms with Crippen LogP contribution in [0, 0.1) is 6.92 Å². The second-order valence-electron chi connectivity index (χ2n) is 6.80. The zero-order valence-corrected chi connectivity index (χ0v) is 14.8. The van der Waals surface area contributed by atoms with Gasteiger partial charge in [-0.05, 0) is 61.4 Å². The summed E-state index contributed by atoms with van der Waals surface area (Å²) >= 11 is 0. The lowest BCUT2D eigenvalue weighted by atomic mass is 9.92. The summed E-state index contributed by atoms with van der Waals surface area (Å²) in [5.74, 6) is -0.00546. The Morgan fingerprint density at radius 1 is 1.31 bits per heavy atom. The van der Waals surface area contributed by atoms with Crippen LogP contribution in [0.2, 0.25) is 0 Å². The molecule has 0 bridgehead atoms. The van der Waals surface area contributed by atoms with Gasteiger partial charge in [-0.1, -0.05) is 6.92 Å². The van der Waals surface area contributed by atoms with Crippen molar-refractivity contribution in [1.29, 1.82) is 0 Å². The standard InChI is InChI=1S/C19H22F3NO3/c1-3-12-9-13(26-10-19(20,21)22)8-11(2)15(12)16-17(24)14-6-4-5-7-23(14)18(16)25/h8-9,14,24H,3-7,10H2,1-2H3. The predicted octanol–water partition coefficient (Wildman–Crippen LogP) is 4.16. The molecule has 1 aromatic rings. The van der Waals surface area contributed by atoms with Crippen LogP contribution in [0.3, 0.4) is 0 Å². The largest absolute Gasteiger partial charge is 0.509 e. The van der Waals surface area contributed by atoms with Crippen LogP contribution in [0.4, 0.5) is 13.2 Å². The van der Waals surface area contributed by atoms with Crippen LogP contribution in [0.25, 0.3) is 5.57 Å². The number of piperidine rings is 1. The molecule has 142 valence electrons. The number of aliphatic hydroxyl groups is 1. The van der Waals surface area contributed by atoms with Crippen molar-refractivity contribution in [3.8, 4) is 5.75 Å². The fourth-order valence-electron chi connectivity index (χ4n) is 3.82. The van der Waals surface area contributed by atoms with Gasteiger partial charge in [0.25, 0.3) is 5.91 Å². The molecule has 0 spiro atoms. The molecule has 2 aliphatic heterocycles. The highest BCUT2D eigenvalue weighted by molar-refractivity contribution is 6.23. The van der Waals surface area contributed by atoms with Crippen LogP contribution < -0.4 is 4.74 Å². The van der Waals surface area contributed by atoms with Crippen molar-refractivity contribution in [2.75, 3.05) is 13.2 Å². The molecule has 1 amide bonds. The zero-order chi connectivity index (χ0) is 19.1. The van der Waals surface area contributed by atoms with E-state index in [-0.39, 0.29) is 29.0 Å². The smallest absolute Gasteiger partial charge is 0.422 e. The molecule has 1 fully saturated rings. The Bertz CT molecular complexity index is 755. The Morgan fingerprint density at radius 3 is 2.65 bits per heavy atom. The fraction of sp³-hybridized carbons (Fsp3) is 0.526. The van der Waals surface area contributed by atoms with E-state index in [2.05, 4.69) is 0 Å². The van der Waals surface area contributed by atoms with Crippen LogP contribution in [-0.2, 0) is 11.2 Å². The molecule has 1 atom stereocenters.